The zero-order valence-electron chi connectivity index (χ0n) is 16.1. The normalized spacial score (nSPS) is 42.3. The number of hydrogen-bond donors (Lipinski definition) is 2. The molecule has 2 bridgehead atoms. The quantitative estimate of drug-likeness (QED) is 0.768. The van der Waals surface area contributed by atoms with E-state index in [4.69, 9.17) is 18.9 Å². The number of rotatable bonds is 5. The van der Waals surface area contributed by atoms with Crippen molar-refractivity contribution in [2.45, 2.75) is 49.6 Å². The van der Waals surface area contributed by atoms with Crippen LogP contribution in [0.5, 0.6) is 11.5 Å². The average molecular weight is 376 g/mol. The molecular formula is C21H28O6. The third kappa shape index (κ3) is 2.27. The number of methoxy groups -OCH3 is 2. The Hall–Kier alpha value is -1.60. The van der Waals surface area contributed by atoms with Gasteiger partial charge in [-0.1, -0.05) is 19.1 Å². The largest absolute Gasteiger partial charge is 0.454 e. The highest BCUT2D eigenvalue weighted by molar-refractivity contribution is 5.48. The standard InChI is InChI=1S/C21H28O6/c1-5-8-20-10-16(24-3)18(22)21(25-4,19(20)23)17(12(20)2)13-6-7-14-15(9-13)27-11-26-14/h5-7,9,12,16-19,22-23H,1,8,10-11H2,2-4H3/t12-,16-,17+,18+,19?,20-,21+/m0/s1. The Balaban J connectivity index is 1.89. The third-order valence-corrected chi connectivity index (χ3v) is 7.20. The number of ether oxygens (including phenoxy) is 4. The van der Waals surface area contributed by atoms with Gasteiger partial charge in [0.15, 0.2) is 11.5 Å². The summed E-state index contributed by atoms with van der Waals surface area (Å²) in [6, 6.07) is 5.79. The lowest BCUT2D eigenvalue weighted by Gasteiger charge is -2.50. The Morgan fingerprint density at radius 1 is 1.26 bits per heavy atom. The SMILES string of the molecule is C=CC[C@@]12C[C@H](OC)[C@@H](O)[C@@](OC)(C1O)[C@@H](c1ccc3c(c1)OCO3)[C@@H]2C. The second-order valence-electron chi connectivity index (χ2n) is 7.99. The summed E-state index contributed by atoms with van der Waals surface area (Å²) in [5.74, 6) is 1.18. The van der Waals surface area contributed by atoms with Gasteiger partial charge in [0.25, 0.3) is 0 Å². The number of hydrogen-bond acceptors (Lipinski definition) is 6. The van der Waals surface area contributed by atoms with Gasteiger partial charge in [-0.3, -0.25) is 0 Å². The lowest BCUT2D eigenvalue weighted by Crippen LogP contribution is -2.65. The fraction of sp³-hybridized carbons (Fsp3) is 0.619. The van der Waals surface area contributed by atoms with Crippen molar-refractivity contribution in [3.63, 3.8) is 0 Å². The number of allylic oxidation sites excluding steroid dienone is 1. The summed E-state index contributed by atoms with van der Waals surface area (Å²) in [5, 5.41) is 22.7. The second-order valence-corrected chi connectivity index (χ2v) is 7.99. The van der Waals surface area contributed by atoms with Crippen LogP contribution in [0.15, 0.2) is 30.9 Å². The van der Waals surface area contributed by atoms with Gasteiger partial charge in [-0.2, -0.15) is 0 Å². The van der Waals surface area contributed by atoms with E-state index in [0.29, 0.717) is 24.3 Å². The van der Waals surface area contributed by atoms with Crippen LogP contribution < -0.4 is 9.47 Å². The van der Waals surface area contributed by atoms with Crippen molar-refractivity contribution in [3.8, 4) is 11.5 Å². The van der Waals surface area contributed by atoms with Gasteiger partial charge in [0.2, 0.25) is 6.79 Å². The molecular weight excluding hydrogens is 348 g/mol. The average Bonchev–Trinajstić information content (AvgIpc) is 3.18. The van der Waals surface area contributed by atoms with Crippen molar-refractivity contribution in [3.05, 3.63) is 36.4 Å². The van der Waals surface area contributed by atoms with Crippen LogP contribution in [-0.4, -0.2) is 55.1 Å². The van der Waals surface area contributed by atoms with Crippen LogP contribution >= 0.6 is 0 Å². The smallest absolute Gasteiger partial charge is 0.231 e. The summed E-state index contributed by atoms with van der Waals surface area (Å²) in [6.07, 6.45) is 0.779. The number of aliphatic hydroxyl groups is 2. The van der Waals surface area contributed by atoms with Crippen LogP contribution in [-0.2, 0) is 9.47 Å². The lowest BCUT2D eigenvalue weighted by atomic mass is 9.65. The molecule has 2 fully saturated rings. The summed E-state index contributed by atoms with van der Waals surface area (Å²) >= 11 is 0. The Morgan fingerprint density at radius 3 is 2.67 bits per heavy atom. The molecule has 0 saturated heterocycles. The topological polar surface area (TPSA) is 77.4 Å². The summed E-state index contributed by atoms with van der Waals surface area (Å²) in [7, 11) is 3.15. The van der Waals surface area contributed by atoms with Crippen molar-refractivity contribution < 1.29 is 29.2 Å². The van der Waals surface area contributed by atoms with Gasteiger partial charge in [-0.25, -0.2) is 0 Å². The second kappa shape index (κ2) is 6.48. The monoisotopic (exact) mass is 376 g/mol. The first-order valence-corrected chi connectivity index (χ1v) is 9.40. The van der Waals surface area contributed by atoms with Gasteiger partial charge < -0.3 is 29.2 Å². The van der Waals surface area contributed by atoms with Crippen molar-refractivity contribution in [2.24, 2.45) is 11.3 Å². The Labute approximate surface area is 159 Å². The first-order valence-electron chi connectivity index (χ1n) is 9.40. The molecule has 2 aliphatic carbocycles. The molecule has 0 aromatic heterocycles. The molecule has 1 aromatic rings. The molecule has 3 aliphatic rings. The molecule has 0 spiro atoms. The highest BCUT2D eigenvalue weighted by atomic mass is 16.7. The molecule has 2 saturated carbocycles. The molecule has 0 radical (unpaired) electrons. The van der Waals surface area contributed by atoms with E-state index in [1.807, 2.05) is 24.3 Å². The Kier molecular flexibility index (Phi) is 4.50. The van der Waals surface area contributed by atoms with Crippen molar-refractivity contribution >= 4 is 0 Å². The highest BCUT2D eigenvalue weighted by Gasteiger charge is 2.73. The zero-order valence-corrected chi connectivity index (χ0v) is 16.1. The van der Waals surface area contributed by atoms with Crippen molar-refractivity contribution in [1.29, 1.82) is 0 Å². The van der Waals surface area contributed by atoms with Crippen LogP contribution in [0.2, 0.25) is 0 Å². The molecule has 0 amide bonds. The minimum Gasteiger partial charge on any atom is -0.454 e. The maximum atomic E-state index is 11.5. The number of benzene rings is 1. The fourth-order valence-electron chi connectivity index (χ4n) is 5.89. The first-order chi connectivity index (χ1) is 13.0. The van der Waals surface area contributed by atoms with Crippen LogP contribution in [0.25, 0.3) is 0 Å². The lowest BCUT2D eigenvalue weighted by molar-refractivity contribution is -0.236. The molecule has 1 aromatic carbocycles. The molecule has 27 heavy (non-hydrogen) atoms. The van der Waals surface area contributed by atoms with E-state index in [9.17, 15) is 10.2 Å². The van der Waals surface area contributed by atoms with Crippen LogP contribution in [0, 0.1) is 11.3 Å². The van der Waals surface area contributed by atoms with E-state index in [0.717, 1.165) is 5.56 Å². The number of fused-ring (bicyclic) bond motifs is 3. The van der Waals surface area contributed by atoms with E-state index in [2.05, 4.69) is 13.5 Å². The molecule has 1 unspecified atom stereocenters. The maximum Gasteiger partial charge on any atom is 0.231 e. The Bertz CT molecular complexity index is 735. The van der Waals surface area contributed by atoms with Crippen molar-refractivity contribution in [2.75, 3.05) is 21.0 Å². The molecule has 148 valence electrons. The molecule has 4 rings (SSSR count). The molecule has 1 aliphatic heterocycles. The van der Waals surface area contributed by atoms with E-state index in [1.54, 1.807) is 14.2 Å². The Morgan fingerprint density at radius 2 is 2.00 bits per heavy atom. The zero-order chi connectivity index (χ0) is 19.4. The van der Waals surface area contributed by atoms with Crippen LogP contribution in [0.1, 0.15) is 31.2 Å². The van der Waals surface area contributed by atoms with E-state index in [-0.39, 0.29) is 18.6 Å². The molecule has 1 heterocycles. The maximum absolute atomic E-state index is 11.5. The minimum absolute atomic E-state index is 0.0284. The first kappa shape index (κ1) is 18.7. The molecule has 6 heteroatoms. The predicted octanol–water partition coefficient (Wildman–Crippen LogP) is 2.24. The minimum atomic E-state index is -1.17. The van der Waals surface area contributed by atoms with Gasteiger partial charge >= 0.3 is 0 Å². The summed E-state index contributed by atoms with van der Waals surface area (Å²) in [6.45, 7) is 6.23. The van der Waals surface area contributed by atoms with Gasteiger partial charge in [-0.15, -0.1) is 6.58 Å². The van der Waals surface area contributed by atoms with Gasteiger partial charge in [0.05, 0.1) is 12.2 Å². The van der Waals surface area contributed by atoms with Gasteiger partial charge in [0.1, 0.15) is 11.7 Å². The van der Waals surface area contributed by atoms with E-state index >= 15 is 0 Å². The van der Waals surface area contributed by atoms with E-state index < -0.39 is 29.3 Å². The van der Waals surface area contributed by atoms with E-state index in [1.165, 1.54) is 0 Å². The summed E-state index contributed by atoms with van der Waals surface area (Å²) in [4.78, 5) is 0. The summed E-state index contributed by atoms with van der Waals surface area (Å²) < 4.78 is 22.6. The van der Waals surface area contributed by atoms with Crippen LogP contribution in [0.3, 0.4) is 0 Å². The predicted molar refractivity (Wildman–Crippen MR) is 98.9 cm³/mol. The molecule has 2 N–H and O–H groups in total. The molecule has 6 nitrogen and oxygen atoms in total. The summed E-state index contributed by atoms with van der Waals surface area (Å²) in [5.41, 5.74) is -0.706. The molecule has 7 atom stereocenters. The fourth-order valence-corrected chi connectivity index (χ4v) is 5.89. The van der Waals surface area contributed by atoms with Gasteiger partial charge in [-0.05, 0) is 36.5 Å². The van der Waals surface area contributed by atoms with Gasteiger partial charge in [0, 0.05) is 25.6 Å². The van der Waals surface area contributed by atoms with Crippen molar-refractivity contribution in [1.82, 2.24) is 0 Å². The third-order valence-electron chi connectivity index (χ3n) is 7.20. The van der Waals surface area contributed by atoms with Crippen LogP contribution in [0.4, 0.5) is 0 Å². The number of aliphatic hydroxyl groups excluding tert-OH is 2. The highest BCUT2D eigenvalue weighted by Crippen LogP contribution is 2.66.